The average Bonchev–Trinajstić information content (AvgIpc) is 2.67. The molecule has 4 N–H and O–H groups in total. The molecule has 2 aromatic carbocycles. The van der Waals surface area contributed by atoms with Gasteiger partial charge in [0.25, 0.3) is 5.91 Å². The summed E-state index contributed by atoms with van der Waals surface area (Å²) < 4.78 is 5.29. The minimum atomic E-state index is -0.603. The lowest BCUT2D eigenvalue weighted by molar-refractivity contribution is 0.100. The topological polar surface area (TPSA) is 107 Å². The number of rotatable bonds is 6. The predicted molar refractivity (Wildman–Crippen MR) is 106 cm³/mol. The third-order valence-electron chi connectivity index (χ3n) is 4.39. The molecule has 0 spiro atoms. The minimum absolute atomic E-state index is 0.176. The molecule has 0 aliphatic carbocycles. The zero-order valence-corrected chi connectivity index (χ0v) is 15.8. The van der Waals surface area contributed by atoms with Gasteiger partial charge in [0.15, 0.2) is 5.82 Å². The number of anilines is 1. The summed E-state index contributed by atoms with van der Waals surface area (Å²) in [6, 6.07) is 10.6. The second kappa shape index (κ2) is 7.77. The summed E-state index contributed by atoms with van der Waals surface area (Å²) in [5.41, 5.74) is 7.13. The number of amides is 1. The van der Waals surface area contributed by atoms with Gasteiger partial charge in [0.05, 0.1) is 24.2 Å². The Kier molecular flexibility index (Phi) is 5.43. The van der Waals surface area contributed by atoms with E-state index in [-0.39, 0.29) is 11.6 Å². The van der Waals surface area contributed by atoms with Crippen LogP contribution in [0.4, 0.5) is 5.82 Å². The lowest BCUT2D eigenvalue weighted by Gasteiger charge is -2.29. The number of primary amides is 1. The van der Waals surface area contributed by atoms with Crippen LogP contribution in [0.1, 0.15) is 35.3 Å². The van der Waals surface area contributed by atoms with E-state index in [1.807, 2.05) is 31.2 Å². The molecule has 0 aliphatic rings. The molecule has 1 atom stereocenters. The maximum atomic E-state index is 11.9. The highest BCUT2D eigenvalue weighted by Crippen LogP contribution is 2.33. The van der Waals surface area contributed by atoms with Crippen molar-refractivity contribution in [3.05, 3.63) is 58.9 Å². The third kappa shape index (κ3) is 3.65. The number of halogens is 1. The summed E-state index contributed by atoms with van der Waals surface area (Å²) in [7, 11) is 1.51. The lowest BCUT2D eigenvalue weighted by atomic mass is 10.0. The van der Waals surface area contributed by atoms with E-state index in [0.29, 0.717) is 27.5 Å². The van der Waals surface area contributed by atoms with Crippen LogP contribution >= 0.6 is 11.6 Å². The first-order valence-corrected chi connectivity index (χ1v) is 8.76. The number of nitrogens with two attached hydrogens (primary N) is 2. The van der Waals surface area contributed by atoms with Crippen LogP contribution in [0.3, 0.4) is 0 Å². The van der Waals surface area contributed by atoms with Gasteiger partial charge in [-0.2, -0.15) is 0 Å². The Bertz CT molecular complexity index is 995. The van der Waals surface area contributed by atoms with Gasteiger partial charge in [0.1, 0.15) is 12.1 Å². The molecule has 0 aliphatic heterocycles. The van der Waals surface area contributed by atoms with Crippen LogP contribution in [-0.2, 0) is 0 Å². The van der Waals surface area contributed by atoms with Gasteiger partial charge in [-0.15, -0.1) is 0 Å². The summed E-state index contributed by atoms with van der Waals surface area (Å²) in [4.78, 5) is 20.4. The van der Waals surface area contributed by atoms with Crippen LogP contribution in [0.5, 0.6) is 5.75 Å². The standard InChI is InChI=1S/C19H20ClN5O2/c1-3-16(11-5-4-6-12(20)7-11)25(22)19-15-9-13(27-2)8-14(18(21)26)17(15)23-10-24-19/h4-10,16H,3,22H2,1-2H3,(H2,21,26). The Balaban J connectivity index is 2.17. The molecule has 7 nitrogen and oxygen atoms in total. The van der Waals surface area contributed by atoms with Crippen LogP contribution in [0, 0.1) is 0 Å². The van der Waals surface area contributed by atoms with Crippen molar-refractivity contribution in [3.63, 3.8) is 0 Å². The highest BCUT2D eigenvalue weighted by molar-refractivity contribution is 6.30. The number of hydrogen-bond acceptors (Lipinski definition) is 6. The first-order chi connectivity index (χ1) is 13.0. The van der Waals surface area contributed by atoms with Gasteiger partial charge in [-0.05, 0) is 36.2 Å². The molecule has 27 heavy (non-hydrogen) atoms. The van der Waals surface area contributed by atoms with Crippen LogP contribution in [-0.4, -0.2) is 23.0 Å². The number of carbonyl (C=O) groups excluding carboxylic acids is 1. The highest BCUT2D eigenvalue weighted by Gasteiger charge is 2.22. The maximum Gasteiger partial charge on any atom is 0.251 e. The van der Waals surface area contributed by atoms with Crippen molar-refractivity contribution in [2.24, 2.45) is 11.6 Å². The van der Waals surface area contributed by atoms with Crippen molar-refractivity contribution in [2.45, 2.75) is 19.4 Å². The number of aromatic nitrogens is 2. The largest absolute Gasteiger partial charge is 0.497 e. The molecule has 3 aromatic rings. The number of hydrazine groups is 1. The average molecular weight is 386 g/mol. The number of ether oxygens (including phenoxy) is 1. The highest BCUT2D eigenvalue weighted by atomic mass is 35.5. The van der Waals surface area contributed by atoms with E-state index < -0.39 is 5.91 Å². The summed E-state index contributed by atoms with van der Waals surface area (Å²) >= 11 is 6.13. The molecule has 0 fully saturated rings. The fraction of sp³-hybridized carbons (Fsp3) is 0.211. The van der Waals surface area contributed by atoms with Gasteiger partial charge in [-0.3, -0.25) is 9.80 Å². The van der Waals surface area contributed by atoms with Crippen molar-refractivity contribution < 1.29 is 9.53 Å². The zero-order chi connectivity index (χ0) is 19.6. The van der Waals surface area contributed by atoms with Crippen LogP contribution in [0.2, 0.25) is 5.02 Å². The quantitative estimate of drug-likeness (QED) is 0.498. The number of nitrogens with zero attached hydrogens (tertiary/aromatic N) is 3. The fourth-order valence-corrected chi connectivity index (χ4v) is 3.29. The van der Waals surface area contributed by atoms with E-state index in [0.717, 1.165) is 12.0 Å². The molecule has 1 heterocycles. The fourth-order valence-electron chi connectivity index (χ4n) is 3.09. The van der Waals surface area contributed by atoms with Crippen molar-refractivity contribution >= 4 is 34.2 Å². The van der Waals surface area contributed by atoms with Crippen LogP contribution in [0.25, 0.3) is 10.9 Å². The van der Waals surface area contributed by atoms with E-state index in [4.69, 9.17) is 27.9 Å². The predicted octanol–water partition coefficient (Wildman–Crippen LogP) is 3.22. The Morgan fingerprint density at radius 3 is 2.70 bits per heavy atom. The zero-order valence-electron chi connectivity index (χ0n) is 15.0. The van der Waals surface area contributed by atoms with Crippen molar-refractivity contribution in [1.29, 1.82) is 0 Å². The van der Waals surface area contributed by atoms with Crippen LogP contribution in [0.15, 0.2) is 42.7 Å². The summed E-state index contributed by atoms with van der Waals surface area (Å²) in [6.45, 7) is 2.02. The van der Waals surface area contributed by atoms with Gasteiger partial charge in [0, 0.05) is 10.4 Å². The maximum absolute atomic E-state index is 11.9. The van der Waals surface area contributed by atoms with E-state index in [1.54, 1.807) is 17.1 Å². The Hall–Kier alpha value is -2.90. The van der Waals surface area contributed by atoms with Crippen molar-refractivity contribution in [1.82, 2.24) is 9.97 Å². The van der Waals surface area contributed by atoms with Crippen molar-refractivity contribution in [2.75, 3.05) is 12.1 Å². The number of fused-ring (bicyclic) bond motifs is 1. The molecule has 0 saturated carbocycles. The molecule has 140 valence electrons. The van der Waals surface area contributed by atoms with Gasteiger partial charge < -0.3 is 10.5 Å². The van der Waals surface area contributed by atoms with E-state index in [2.05, 4.69) is 9.97 Å². The van der Waals surface area contributed by atoms with E-state index in [1.165, 1.54) is 13.4 Å². The number of carbonyl (C=O) groups is 1. The smallest absolute Gasteiger partial charge is 0.251 e. The Morgan fingerprint density at radius 2 is 2.07 bits per heavy atom. The number of methoxy groups -OCH3 is 1. The normalized spacial score (nSPS) is 12.0. The van der Waals surface area contributed by atoms with Gasteiger partial charge in [-0.1, -0.05) is 30.7 Å². The summed E-state index contributed by atoms with van der Waals surface area (Å²) in [5, 5.41) is 2.76. The van der Waals surface area contributed by atoms with Gasteiger partial charge in [0.2, 0.25) is 0 Å². The Labute approximate surface area is 161 Å². The molecular weight excluding hydrogens is 366 g/mol. The monoisotopic (exact) mass is 385 g/mol. The van der Waals surface area contributed by atoms with Gasteiger partial charge in [-0.25, -0.2) is 15.8 Å². The summed E-state index contributed by atoms with van der Waals surface area (Å²) in [5.74, 6) is 6.79. The van der Waals surface area contributed by atoms with Gasteiger partial charge >= 0.3 is 0 Å². The number of hydrogen-bond donors (Lipinski definition) is 2. The first kappa shape index (κ1) is 18.9. The molecule has 1 amide bonds. The lowest BCUT2D eigenvalue weighted by Crippen LogP contribution is -2.36. The molecule has 0 saturated heterocycles. The molecule has 8 heteroatoms. The third-order valence-corrected chi connectivity index (χ3v) is 4.63. The molecule has 1 unspecified atom stereocenters. The minimum Gasteiger partial charge on any atom is -0.497 e. The Morgan fingerprint density at radius 1 is 1.30 bits per heavy atom. The summed E-state index contributed by atoms with van der Waals surface area (Å²) in [6.07, 6.45) is 2.08. The first-order valence-electron chi connectivity index (χ1n) is 8.38. The van der Waals surface area contributed by atoms with Crippen molar-refractivity contribution in [3.8, 4) is 5.75 Å². The molecule has 0 radical (unpaired) electrons. The molecular formula is C19H20ClN5O2. The SMILES string of the molecule is CCC(c1cccc(Cl)c1)N(N)c1ncnc2c(C(N)=O)cc(OC)cc12. The van der Waals surface area contributed by atoms with E-state index in [9.17, 15) is 4.79 Å². The molecule has 3 rings (SSSR count). The van der Waals surface area contributed by atoms with Crippen LogP contribution < -0.4 is 21.3 Å². The molecule has 0 bridgehead atoms. The number of benzene rings is 2. The van der Waals surface area contributed by atoms with E-state index >= 15 is 0 Å². The molecule has 1 aromatic heterocycles. The second-order valence-corrected chi connectivity index (χ2v) is 6.46. The second-order valence-electron chi connectivity index (χ2n) is 6.02.